The van der Waals surface area contributed by atoms with Crippen LogP contribution >= 0.6 is 0 Å². The molecule has 0 radical (unpaired) electrons. The first-order valence-corrected chi connectivity index (χ1v) is 7.34. The number of para-hydroxylation sites is 1. The first-order valence-electron chi connectivity index (χ1n) is 7.34. The molecule has 1 heterocycles. The van der Waals surface area contributed by atoms with Crippen molar-refractivity contribution in [2.75, 3.05) is 37.6 Å². The van der Waals surface area contributed by atoms with Gasteiger partial charge in [0, 0.05) is 25.7 Å². The van der Waals surface area contributed by atoms with Crippen molar-refractivity contribution in [3.63, 3.8) is 0 Å². The van der Waals surface area contributed by atoms with E-state index in [1.165, 1.54) is 0 Å². The molecular formula is C15H23N3O2. The molecule has 1 aliphatic heterocycles. The van der Waals surface area contributed by atoms with Crippen LogP contribution in [0.25, 0.3) is 0 Å². The highest BCUT2D eigenvalue weighted by Crippen LogP contribution is 2.32. The SMILES string of the molecule is CCCN1CCCN(c2c(C)cccc2[N+](=O)[O-])CC1. The lowest BCUT2D eigenvalue weighted by atomic mass is 10.1. The van der Waals surface area contributed by atoms with Gasteiger partial charge in [0.15, 0.2) is 0 Å². The fourth-order valence-electron chi connectivity index (χ4n) is 2.94. The Labute approximate surface area is 120 Å². The summed E-state index contributed by atoms with van der Waals surface area (Å²) in [5.41, 5.74) is 2.02. The number of nitro benzene ring substituents is 1. The summed E-state index contributed by atoms with van der Waals surface area (Å²) in [6, 6.07) is 5.33. The van der Waals surface area contributed by atoms with Crippen LogP contribution in [-0.4, -0.2) is 42.5 Å². The van der Waals surface area contributed by atoms with Crippen molar-refractivity contribution in [3.05, 3.63) is 33.9 Å². The van der Waals surface area contributed by atoms with Crippen molar-refractivity contribution in [1.82, 2.24) is 4.90 Å². The highest BCUT2D eigenvalue weighted by Gasteiger charge is 2.23. The maximum atomic E-state index is 11.2. The van der Waals surface area contributed by atoms with E-state index in [0.717, 1.165) is 56.8 Å². The molecule has 110 valence electrons. The zero-order chi connectivity index (χ0) is 14.5. The monoisotopic (exact) mass is 277 g/mol. The maximum Gasteiger partial charge on any atom is 0.292 e. The number of hydrogen-bond donors (Lipinski definition) is 0. The molecule has 0 aromatic heterocycles. The molecule has 1 fully saturated rings. The Morgan fingerprint density at radius 1 is 1.25 bits per heavy atom. The molecule has 0 spiro atoms. The lowest BCUT2D eigenvalue weighted by Crippen LogP contribution is -2.31. The predicted molar refractivity (Wildman–Crippen MR) is 81.4 cm³/mol. The molecule has 1 aliphatic rings. The van der Waals surface area contributed by atoms with E-state index in [4.69, 9.17) is 0 Å². The zero-order valence-corrected chi connectivity index (χ0v) is 12.3. The molecule has 5 heteroatoms. The smallest absolute Gasteiger partial charge is 0.292 e. The molecule has 1 aromatic carbocycles. The summed E-state index contributed by atoms with van der Waals surface area (Å²) in [7, 11) is 0. The average molecular weight is 277 g/mol. The van der Waals surface area contributed by atoms with Gasteiger partial charge in [0.05, 0.1) is 4.92 Å². The van der Waals surface area contributed by atoms with Gasteiger partial charge in [0.25, 0.3) is 5.69 Å². The van der Waals surface area contributed by atoms with Gasteiger partial charge < -0.3 is 9.80 Å². The second kappa shape index (κ2) is 6.70. The molecule has 5 nitrogen and oxygen atoms in total. The summed E-state index contributed by atoms with van der Waals surface area (Å²) in [5, 5.41) is 11.2. The molecule has 2 rings (SSSR count). The van der Waals surface area contributed by atoms with Crippen LogP contribution in [0.5, 0.6) is 0 Å². The van der Waals surface area contributed by atoms with Crippen LogP contribution < -0.4 is 4.90 Å². The molecule has 0 unspecified atom stereocenters. The van der Waals surface area contributed by atoms with Gasteiger partial charge in [-0.15, -0.1) is 0 Å². The van der Waals surface area contributed by atoms with Crippen molar-refractivity contribution >= 4 is 11.4 Å². The van der Waals surface area contributed by atoms with Crippen LogP contribution in [0.2, 0.25) is 0 Å². The first-order chi connectivity index (χ1) is 9.63. The van der Waals surface area contributed by atoms with E-state index >= 15 is 0 Å². The van der Waals surface area contributed by atoms with E-state index in [-0.39, 0.29) is 10.6 Å². The number of nitrogens with zero attached hydrogens (tertiary/aromatic N) is 3. The van der Waals surface area contributed by atoms with Crippen LogP contribution in [-0.2, 0) is 0 Å². The molecule has 0 bridgehead atoms. The Hall–Kier alpha value is -1.62. The largest absolute Gasteiger partial charge is 0.364 e. The lowest BCUT2D eigenvalue weighted by molar-refractivity contribution is -0.384. The molecule has 20 heavy (non-hydrogen) atoms. The number of nitro groups is 1. The van der Waals surface area contributed by atoms with Gasteiger partial charge >= 0.3 is 0 Å². The van der Waals surface area contributed by atoms with Gasteiger partial charge in [-0.25, -0.2) is 0 Å². The number of rotatable bonds is 4. The molecule has 0 saturated carbocycles. The van der Waals surface area contributed by atoms with Crippen LogP contribution in [0.4, 0.5) is 11.4 Å². The van der Waals surface area contributed by atoms with E-state index in [0.29, 0.717) is 0 Å². The quantitative estimate of drug-likeness (QED) is 0.627. The first kappa shape index (κ1) is 14.8. The van der Waals surface area contributed by atoms with Gasteiger partial charge in [-0.05, 0) is 38.4 Å². The average Bonchev–Trinajstić information content (AvgIpc) is 2.64. The second-order valence-corrected chi connectivity index (χ2v) is 5.38. The topological polar surface area (TPSA) is 49.6 Å². The third-order valence-corrected chi connectivity index (χ3v) is 3.86. The summed E-state index contributed by atoms with van der Waals surface area (Å²) in [6.07, 6.45) is 2.22. The number of hydrogen-bond acceptors (Lipinski definition) is 4. The van der Waals surface area contributed by atoms with E-state index in [1.54, 1.807) is 12.1 Å². The zero-order valence-electron chi connectivity index (χ0n) is 12.3. The molecule has 0 N–H and O–H groups in total. The summed E-state index contributed by atoms with van der Waals surface area (Å²) >= 11 is 0. The van der Waals surface area contributed by atoms with Gasteiger partial charge in [0.1, 0.15) is 5.69 Å². The highest BCUT2D eigenvalue weighted by atomic mass is 16.6. The molecular weight excluding hydrogens is 254 g/mol. The summed E-state index contributed by atoms with van der Waals surface area (Å²) in [6.45, 7) is 9.09. The van der Waals surface area contributed by atoms with Crippen molar-refractivity contribution in [3.8, 4) is 0 Å². The van der Waals surface area contributed by atoms with Crippen LogP contribution in [0, 0.1) is 17.0 Å². The molecule has 0 amide bonds. The number of anilines is 1. The molecule has 1 saturated heterocycles. The summed E-state index contributed by atoms with van der Waals surface area (Å²) < 4.78 is 0. The van der Waals surface area contributed by atoms with Gasteiger partial charge in [0.2, 0.25) is 0 Å². The Balaban J connectivity index is 2.21. The van der Waals surface area contributed by atoms with Crippen molar-refractivity contribution in [2.45, 2.75) is 26.7 Å². The van der Waals surface area contributed by atoms with E-state index < -0.39 is 0 Å². The van der Waals surface area contributed by atoms with Gasteiger partial charge in [-0.1, -0.05) is 19.1 Å². The van der Waals surface area contributed by atoms with Crippen molar-refractivity contribution in [2.24, 2.45) is 0 Å². The fourth-order valence-corrected chi connectivity index (χ4v) is 2.94. The Kier molecular flexibility index (Phi) is 4.95. The minimum absolute atomic E-state index is 0.231. The fraction of sp³-hybridized carbons (Fsp3) is 0.600. The molecule has 0 aliphatic carbocycles. The van der Waals surface area contributed by atoms with E-state index in [2.05, 4.69) is 16.7 Å². The van der Waals surface area contributed by atoms with Crippen molar-refractivity contribution in [1.29, 1.82) is 0 Å². The van der Waals surface area contributed by atoms with Crippen molar-refractivity contribution < 1.29 is 4.92 Å². The second-order valence-electron chi connectivity index (χ2n) is 5.38. The Morgan fingerprint density at radius 3 is 2.75 bits per heavy atom. The molecule has 0 atom stereocenters. The van der Waals surface area contributed by atoms with Gasteiger partial charge in [-0.3, -0.25) is 10.1 Å². The van der Waals surface area contributed by atoms with Crippen LogP contribution in [0.15, 0.2) is 18.2 Å². The third-order valence-electron chi connectivity index (χ3n) is 3.86. The lowest BCUT2D eigenvalue weighted by Gasteiger charge is -2.24. The highest BCUT2D eigenvalue weighted by molar-refractivity contribution is 5.67. The van der Waals surface area contributed by atoms with E-state index in [9.17, 15) is 10.1 Å². The normalized spacial score (nSPS) is 17.0. The summed E-state index contributed by atoms with van der Waals surface area (Å²) in [4.78, 5) is 15.6. The maximum absolute atomic E-state index is 11.2. The van der Waals surface area contributed by atoms with E-state index in [1.807, 2.05) is 13.0 Å². The van der Waals surface area contributed by atoms with Crippen LogP contribution in [0.3, 0.4) is 0 Å². The predicted octanol–water partition coefficient (Wildman–Crippen LogP) is 2.83. The minimum atomic E-state index is -0.267. The van der Waals surface area contributed by atoms with Gasteiger partial charge in [-0.2, -0.15) is 0 Å². The van der Waals surface area contributed by atoms with Crippen LogP contribution in [0.1, 0.15) is 25.3 Å². The standard InChI is InChI=1S/C15H23N3O2/c1-3-8-16-9-5-10-17(12-11-16)15-13(2)6-4-7-14(15)18(19)20/h4,6-7H,3,5,8-12H2,1-2H3. The third kappa shape index (κ3) is 3.28. The molecule has 1 aromatic rings. The Morgan fingerprint density at radius 2 is 2.05 bits per heavy atom. The summed E-state index contributed by atoms with van der Waals surface area (Å²) in [5.74, 6) is 0. The Bertz CT molecular complexity index is 476. The minimum Gasteiger partial charge on any atom is -0.364 e. The number of benzene rings is 1. The number of aryl methyl sites for hydroxylation is 1.